The van der Waals surface area contributed by atoms with Crippen molar-refractivity contribution in [2.45, 2.75) is 24.5 Å². The quantitative estimate of drug-likeness (QED) is 0.313. The third-order valence-electron chi connectivity index (χ3n) is 7.65. The van der Waals surface area contributed by atoms with E-state index in [2.05, 4.69) is 21.2 Å². The lowest BCUT2D eigenvalue weighted by Crippen LogP contribution is -2.66. The first-order chi connectivity index (χ1) is 17.4. The zero-order valence-corrected chi connectivity index (χ0v) is 22.3. The molecule has 1 atom stereocenters. The van der Waals surface area contributed by atoms with Gasteiger partial charge in [-0.2, -0.15) is 0 Å². The van der Waals surface area contributed by atoms with Crippen LogP contribution in [-0.2, 0) is 15.1 Å². The van der Waals surface area contributed by atoms with Crippen LogP contribution in [0.5, 0.6) is 0 Å². The number of nitrogens with one attached hydrogen (secondary N) is 1. The molecule has 0 aliphatic carbocycles. The van der Waals surface area contributed by atoms with Crippen LogP contribution in [0.1, 0.15) is 33.6 Å². The van der Waals surface area contributed by atoms with Crippen LogP contribution in [0.25, 0.3) is 0 Å². The number of halogens is 1. The third-order valence-corrected chi connectivity index (χ3v) is 9.27. The van der Waals surface area contributed by atoms with Crippen molar-refractivity contribution in [2.24, 2.45) is 5.92 Å². The van der Waals surface area contributed by atoms with E-state index in [0.717, 1.165) is 40.7 Å². The number of carbonyl (C=O) groups excluding carboxylic acids is 2. The Balaban J connectivity index is 1.28. The van der Waals surface area contributed by atoms with Crippen LogP contribution >= 0.6 is 27.3 Å². The summed E-state index contributed by atoms with van der Waals surface area (Å²) in [5.74, 6) is -0.397. The molecule has 2 aromatic carbocycles. The van der Waals surface area contributed by atoms with Crippen molar-refractivity contribution >= 4 is 39.1 Å². The summed E-state index contributed by atoms with van der Waals surface area (Å²) in [4.78, 5) is 26.8. The van der Waals surface area contributed by atoms with Gasteiger partial charge in [-0.05, 0) is 39.2 Å². The monoisotopic (exact) mass is 569 g/mol. The van der Waals surface area contributed by atoms with Crippen molar-refractivity contribution in [3.05, 3.63) is 92.6 Å². The lowest BCUT2D eigenvalue weighted by atomic mass is 9.82. The second kappa shape index (κ2) is 10.5. The molecule has 0 saturated carbocycles. The SMILES string of the molecule is O=C(NCC[N+]12CCC(CC1)[C@@H](OC(=O)C(O)(c1ccccc1)c1ccccc1)C2)c1ccc(Br)s1. The van der Waals surface area contributed by atoms with Crippen LogP contribution in [-0.4, -0.2) is 60.3 Å². The Bertz CT molecular complexity index is 1170. The molecule has 2 N–H and O–H groups in total. The summed E-state index contributed by atoms with van der Waals surface area (Å²) >= 11 is 4.82. The Kier molecular flexibility index (Phi) is 7.30. The summed E-state index contributed by atoms with van der Waals surface area (Å²) in [6.45, 7) is 4.09. The second-order valence-corrected chi connectivity index (χ2v) is 12.2. The van der Waals surface area contributed by atoms with Crippen molar-refractivity contribution in [3.8, 4) is 0 Å². The van der Waals surface area contributed by atoms with Gasteiger partial charge in [0.15, 0.2) is 6.10 Å². The predicted molar refractivity (Wildman–Crippen MR) is 143 cm³/mol. The molecule has 1 aromatic heterocycles. The van der Waals surface area contributed by atoms with E-state index >= 15 is 0 Å². The van der Waals surface area contributed by atoms with Gasteiger partial charge in [0.05, 0.1) is 34.8 Å². The average molecular weight is 571 g/mol. The largest absolute Gasteiger partial charge is 0.453 e. The van der Waals surface area contributed by atoms with Crippen molar-refractivity contribution in [1.29, 1.82) is 0 Å². The number of carbonyl (C=O) groups is 2. The predicted octanol–water partition coefficient (Wildman–Crippen LogP) is 4.33. The Hall–Kier alpha value is -2.52. The van der Waals surface area contributed by atoms with Gasteiger partial charge in [-0.15, -0.1) is 11.3 Å². The first kappa shape index (κ1) is 25.1. The van der Waals surface area contributed by atoms with E-state index in [4.69, 9.17) is 4.74 Å². The smallest absolute Gasteiger partial charge is 0.348 e. The van der Waals surface area contributed by atoms with Crippen LogP contribution in [0, 0.1) is 5.92 Å². The van der Waals surface area contributed by atoms with Crippen LogP contribution in [0.4, 0.5) is 0 Å². The zero-order chi connectivity index (χ0) is 25.2. The molecule has 3 aromatic rings. The number of rotatable bonds is 8. The Morgan fingerprint density at radius 1 is 1.00 bits per heavy atom. The molecular formula is C28H30BrN2O4S+. The topological polar surface area (TPSA) is 75.6 Å². The Labute approximate surface area is 223 Å². The van der Waals surface area contributed by atoms with Crippen LogP contribution in [0.3, 0.4) is 0 Å². The molecule has 4 heterocycles. The van der Waals surface area contributed by atoms with Gasteiger partial charge in [0.1, 0.15) is 6.54 Å². The molecule has 0 radical (unpaired) electrons. The molecule has 6 nitrogen and oxygen atoms in total. The highest BCUT2D eigenvalue weighted by atomic mass is 79.9. The highest BCUT2D eigenvalue weighted by Gasteiger charge is 2.50. The van der Waals surface area contributed by atoms with E-state index in [-0.39, 0.29) is 12.0 Å². The van der Waals surface area contributed by atoms with Gasteiger partial charge in [-0.3, -0.25) is 4.79 Å². The minimum absolute atomic E-state index is 0.0606. The number of amides is 1. The number of fused-ring (bicyclic) bond motifs is 3. The number of piperidine rings is 3. The summed E-state index contributed by atoms with van der Waals surface area (Å²) in [7, 11) is 0. The standard InChI is InChI=1S/C28H29BrN2O4S/c29-25-12-11-24(36-25)26(32)30-15-18-31-16-13-20(14-17-31)23(19-31)35-27(33)28(34,21-7-3-1-4-8-21)22-9-5-2-6-10-22/h1-12,20,23,34H,13-19H2/p+1/t20?,23-,31?/m0/s1. The first-order valence-electron chi connectivity index (χ1n) is 12.3. The number of nitrogens with zero attached hydrogens (tertiary/aromatic N) is 1. The molecule has 0 unspecified atom stereocenters. The molecule has 2 bridgehead atoms. The van der Waals surface area contributed by atoms with Crippen LogP contribution < -0.4 is 5.32 Å². The van der Waals surface area contributed by atoms with Gasteiger partial charge in [0, 0.05) is 18.8 Å². The summed E-state index contributed by atoms with van der Waals surface area (Å²) in [6, 6.07) is 21.7. The van der Waals surface area contributed by atoms with Crippen molar-refractivity contribution < 1.29 is 23.9 Å². The molecule has 8 heteroatoms. The number of benzene rings is 2. The molecule has 6 rings (SSSR count). The van der Waals surface area contributed by atoms with E-state index in [0.29, 0.717) is 35.0 Å². The lowest BCUT2D eigenvalue weighted by molar-refractivity contribution is -0.945. The van der Waals surface area contributed by atoms with Gasteiger partial charge < -0.3 is 19.6 Å². The number of aliphatic hydroxyl groups is 1. The van der Waals surface area contributed by atoms with Gasteiger partial charge in [0.25, 0.3) is 5.91 Å². The van der Waals surface area contributed by atoms with E-state index < -0.39 is 11.6 Å². The molecule has 36 heavy (non-hydrogen) atoms. The summed E-state index contributed by atoms with van der Waals surface area (Å²) in [6.07, 6.45) is 1.68. The molecule has 3 aliphatic heterocycles. The van der Waals surface area contributed by atoms with Crippen LogP contribution in [0.15, 0.2) is 76.6 Å². The number of hydrogen-bond acceptors (Lipinski definition) is 5. The first-order valence-corrected chi connectivity index (χ1v) is 13.9. The minimum Gasteiger partial charge on any atom is -0.453 e. The van der Waals surface area contributed by atoms with Crippen molar-refractivity contribution in [1.82, 2.24) is 5.32 Å². The maximum atomic E-state index is 13.6. The normalized spacial score (nSPS) is 23.3. The maximum absolute atomic E-state index is 13.6. The highest BCUT2D eigenvalue weighted by molar-refractivity contribution is 9.11. The molecule has 188 valence electrons. The lowest BCUT2D eigenvalue weighted by Gasteiger charge is -2.52. The van der Waals surface area contributed by atoms with E-state index in [9.17, 15) is 14.7 Å². The van der Waals surface area contributed by atoms with E-state index in [1.165, 1.54) is 11.3 Å². The summed E-state index contributed by atoms with van der Waals surface area (Å²) in [5.41, 5.74) is -0.883. The number of hydrogen-bond donors (Lipinski definition) is 2. The fraction of sp³-hybridized carbons (Fsp3) is 0.357. The van der Waals surface area contributed by atoms with Crippen LogP contribution in [0.2, 0.25) is 0 Å². The van der Waals surface area contributed by atoms with E-state index in [1.54, 1.807) is 24.3 Å². The summed E-state index contributed by atoms with van der Waals surface area (Å²) < 4.78 is 7.88. The van der Waals surface area contributed by atoms with E-state index in [1.807, 2.05) is 48.5 Å². The molecular weight excluding hydrogens is 540 g/mol. The fourth-order valence-electron chi connectivity index (χ4n) is 5.58. The van der Waals surface area contributed by atoms with Gasteiger partial charge >= 0.3 is 5.97 Å². The zero-order valence-electron chi connectivity index (χ0n) is 19.9. The molecule has 0 spiro atoms. The van der Waals surface area contributed by atoms with Crippen molar-refractivity contribution in [2.75, 3.05) is 32.7 Å². The fourth-order valence-corrected chi connectivity index (χ4v) is 6.89. The maximum Gasteiger partial charge on any atom is 0.348 e. The van der Waals surface area contributed by atoms with Gasteiger partial charge in [-0.25, -0.2) is 4.79 Å². The molecule has 3 fully saturated rings. The second-order valence-electron chi connectivity index (χ2n) is 9.78. The Morgan fingerprint density at radius 2 is 1.61 bits per heavy atom. The molecule has 1 amide bonds. The van der Waals surface area contributed by atoms with Crippen molar-refractivity contribution in [3.63, 3.8) is 0 Å². The third kappa shape index (κ3) is 5.00. The average Bonchev–Trinajstić information content (AvgIpc) is 3.36. The molecule has 3 aliphatic rings. The number of quaternary nitrogens is 1. The highest BCUT2D eigenvalue weighted by Crippen LogP contribution is 2.38. The van der Waals surface area contributed by atoms with Gasteiger partial charge in [0.2, 0.25) is 5.60 Å². The summed E-state index contributed by atoms with van der Waals surface area (Å²) in [5, 5.41) is 14.8. The number of ether oxygens (including phenoxy) is 1. The number of thiophene rings is 1. The Morgan fingerprint density at radius 3 is 2.17 bits per heavy atom. The minimum atomic E-state index is -1.87. The molecule has 3 saturated heterocycles. The van der Waals surface area contributed by atoms with Gasteiger partial charge in [-0.1, -0.05) is 60.7 Å². The number of esters is 1.